The van der Waals surface area contributed by atoms with Gasteiger partial charge in [0.15, 0.2) is 11.2 Å². The number of hydrogen-bond acceptors (Lipinski definition) is 4. The van der Waals surface area contributed by atoms with E-state index in [0.717, 1.165) is 22.2 Å². The number of benzene rings is 3. The van der Waals surface area contributed by atoms with E-state index in [1.807, 2.05) is 12.1 Å². The Morgan fingerprint density at radius 2 is 0.906 bits per heavy atom. The minimum Gasteiger partial charge on any atom is -0.436 e. The summed E-state index contributed by atoms with van der Waals surface area (Å²) in [5, 5.41) is 0. The minimum absolute atomic E-state index is 0.112. The molecule has 5 rings (SSSR count). The van der Waals surface area contributed by atoms with Crippen LogP contribution in [0, 0.1) is 0 Å². The van der Waals surface area contributed by atoms with Gasteiger partial charge in [0.05, 0.1) is 0 Å². The fourth-order valence-corrected chi connectivity index (χ4v) is 3.82. The molecule has 2 heterocycles. The molecule has 0 amide bonds. The van der Waals surface area contributed by atoms with Crippen LogP contribution in [0.5, 0.6) is 0 Å². The molecular weight excluding hydrogens is 396 g/mol. The summed E-state index contributed by atoms with van der Waals surface area (Å²) < 4.78 is 12.1. The van der Waals surface area contributed by atoms with Crippen molar-refractivity contribution < 1.29 is 8.83 Å². The standard InChI is InChI=1S/C28H28N2O2/c1-27(2,3)19-11-7-17(8-12-19)25-29-21-15-22-24(16-23(21)31-25)32-26(30-22)18-9-13-20(14-10-18)28(4,5)6/h7-16H,1-6H3. The third-order valence-electron chi connectivity index (χ3n) is 5.89. The maximum atomic E-state index is 6.06. The zero-order chi connectivity index (χ0) is 22.7. The maximum Gasteiger partial charge on any atom is 0.227 e. The number of oxazole rings is 2. The second-order valence-electron chi connectivity index (χ2n) is 10.5. The van der Waals surface area contributed by atoms with E-state index in [1.165, 1.54) is 11.1 Å². The van der Waals surface area contributed by atoms with Crippen molar-refractivity contribution in [1.29, 1.82) is 0 Å². The van der Waals surface area contributed by atoms with E-state index in [9.17, 15) is 0 Å². The van der Waals surface area contributed by atoms with Crippen molar-refractivity contribution >= 4 is 22.2 Å². The molecule has 0 aliphatic rings. The fourth-order valence-electron chi connectivity index (χ4n) is 3.82. The normalized spacial score (nSPS) is 12.7. The Labute approximate surface area is 188 Å². The van der Waals surface area contributed by atoms with Crippen molar-refractivity contribution in [3.63, 3.8) is 0 Å². The van der Waals surface area contributed by atoms with Crippen molar-refractivity contribution in [1.82, 2.24) is 9.97 Å². The topological polar surface area (TPSA) is 52.1 Å². The SMILES string of the molecule is CC(C)(C)c1ccc(-c2nc3cc4nc(-c5ccc(C(C)(C)C)cc5)oc4cc3o2)cc1. The zero-order valence-electron chi connectivity index (χ0n) is 19.5. The molecule has 0 saturated heterocycles. The Balaban J connectivity index is 1.48. The highest BCUT2D eigenvalue weighted by molar-refractivity contribution is 5.91. The first-order valence-electron chi connectivity index (χ1n) is 11.0. The molecule has 0 spiro atoms. The molecule has 0 unspecified atom stereocenters. The number of fused-ring (bicyclic) bond motifs is 2. The van der Waals surface area contributed by atoms with E-state index >= 15 is 0 Å². The highest BCUT2D eigenvalue weighted by Crippen LogP contribution is 2.32. The molecule has 0 atom stereocenters. The van der Waals surface area contributed by atoms with Crippen molar-refractivity contribution in [2.24, 2.45) is 0 Å². The van der Waals surface area contributed by atoms with Gasteiger partial charge in [-0.05, 0) is 52.3 Å². The largest absolute Gasteiger partial charge is 0.436 e. The van der Waals surface area contributed by atoms with Gasteiger partial charge in [0.25, 0.3) is 0 Å². The minimum atomic E-state index is 0.112. The lowest BCUT2D eigenvalue weighted by Crippen LogP contribution is -2.10. The molecule has 0 aliphatic carbocycles. The smallest absolute Gasteiger partial charge is 0.227 e. The molecule has 0 saturated carbocycles. The Kier molecular flexibility index (Phi) is 4.52. The number of aromatic nitrogens is 2. The van der Waals surface area contributed by atoms with Gasteiger partial charge in [0, 0.05) is 17.2 Å². The molecule has 0 fully saturated rings. The summed E-state index contributed by atoms with van der Waals surface area (Å²) in [6.45, 7) is 13.2. The molecule has 0 N–H and O–H groups in total. The van der Waals surface area contributed by atoms with Gasteiger partial charge in [0.1, 0.15) is 11.0 Å². The lowest BCUT2D eigenvalue weighted by Gasteiger charge is -2.18. The van der Waals surface area contributed by atoms with E-state index in [0.29, 0.717) is 22.9 Å². The molecule has 0 radical (unpaired) electrons. The van der Waals surface area contributed by atoms with Crippen LogP contribution >= 0.6 is 0 Å². The highest BCUT2D eigenvalue weighted by atomic mass is 16.4. The van der Waals surface area contributed by atoms with E-state index < -0.39 is 0 Å². The van der Waals surface area contributed by atoms with Crippen molar-refractivity contribution in [3.8, 4) is 22.9 Å². The summed E-state index contributed by atoms with van der Waals surface area (Å²) in [7, 11) is 0. The Hall–Kier alpha value is -3.40. The van der Waals surface area contributed by atoms with E-state index in [4.69, 9.17) is 18.8 Å². The average molecular weight is 425 g/mol. The van der Waals surface area contributed by atoms with Gasteiger partial charge in [-0.2, -0.15) is 0 Å². The summed E-state index contributed by atoms with van der Waals surface area (Å²) in [6.07, 6.45) is 0. The van der Waals surface area contributed by atoms with Crippen LogP contribution in [0.1, 0.15) is 52.7 Å². The highest BCUT2D eigenvalue weighted by Gasteiger charge is 2.17. The van der Waals surface area contributed by atoms with Gasteiger partial charge < -0.3 is 8.83 Å². The summed E-state index contributed by atoms with van der Waals surface area (Å²) in [4.78, 5) is 9.39. The molecule has 4 heteroatoms. The van der Waals surface area contributed by atoms with Crippen LogP contribution < -0.4 is 0 Å². The van der Waals surface area contributed by atoms with Crippen LogP contribution in [-0.2, 0) is 10.8 Å². The summed E-state index contributed by atoms with van der Waals surface area (Å²) >= 11 is 0. The number of hydrogen-bond donors (Lipinski definition) is 0. The van der Waals surface area contributed by atoms with Crippen LogP contribution in [0.4, 0.5) is 0 Å². The van der Waals surface area contributed by atoms with Crippen LogP contribution in [0.15, 0.2) is 69.5 Å². The second kappa shape index (κ2) is 7.06. The molecule has 3 aromatic carbocycles. The zero-order valence-corrected chi connectivity index (χ0v) is 19.5. The summed E-state index contributed by atoms with van der Waals surface area (Å²) in [6, 6.07) is 20.6. The quantitative estimate of drug-likeness (QED) is 0.289. The predicted octanol–water partition coefficient (Wildman–Crippen LogP) is 7.90. The predicted molar refractivity (Wildman–Crippen MR) is 130 cm³/mol. The van der Waals surface area contributed by atoms with E-state index in [1.54, 1.807) is 0 Å². The van der Waals surface area contributed by atoms with Crippen molar-refractivity contribution in [2.45, 2.75) is 52.4 Å². The average Bonchev–Trinajstić information content (AvgIpc) is 3.34. The molecule has 0 aliphatic heterocycles. The van der Waals surface area contributed by atoms with Gasteiger partial charge in [-0.15, -0.1) is 0 Å². The number of nitrogens with zero attached hydrogens (tertiary/aromatic N) is 2. The van der Waals surface area contributed by atoms with Crippen LogP contribution in [-0.4, -0.2) is 9.97 Å². The molecule has 4 nitrogen and oxygen atoms in total. The van der Waals surface area contributed by atoms with Crippen LogP contribution in [0.3, 0.4) is 0 Å². The monoisotopic (exact) mass is 424 g/mol. The van der Waals surface area contributed by atoms with Gasteiger partial charge >= 0.3 is 0 Å². The lowest BCUT2D eigenvalue weighted by atomic mass is 9.87. The van der Waals surface area contributed by atoms with E-state index in [2.05, 4.69) is 90.1 Å². The van der Waals surface area contributed by atoms with Gasteiger partial charge in [-0.1, -0.05) is 65.8 Å². The third kappa shape index (κ3) is 3.70. The first-order chi connectivity index (χ1) is 15.1. The Morgan fingerprint density at radius 3 is 1.25 bits per heavy atom. The maximum absolute atomic E-state index is 6.06. The van der Waals surface area contributed by atoms with Crippen LogP contribution in [0.2, 0.25) is 0 Å². The second-order valence-corrected chi connectivity index (χ2v) is 10.5. The molecule has 162 valence electrons. The first kappa shape index (κ1) is 20.5. The van der Waals surface area contributed by atoms with Crippen molar-refractivity contribution in [2.75, 3.05) is 0 Å². The Bertz CT molecular complexity index is 1250. The molecular formula is C28H28N2O2. The summed E-state index contributed by atoms with van der Waals surface area (Å²) in [5.41, 5.74) is 7.63. The molecule has 5 aromatic rings. The third-order valence-corrected chi connectivity index (χ3v) is 5.89. The van der Waals surface area contributed by atoms with Gasteiger partial charge in [-0.3, -0.25) is 0 Å². The van der Waals surface area contributed by atoms with Gasteiger partial charge in [-0.25, -0.2) is 9.97 Å². The molecule has 2 aromatic heterocycles. The summed E-state index contributed by atoms with van der Waals surface area (Å²) in [5.74, 6) is 1.21. The van der Waals surface area contributed by atoms with Gasteiger partial charge in [0.2, 0.25) is 11.8 Å². The first-order valence-corrected chi connectivity index (χ1v) is 11.0. The van der Waals surface area contributed by atoms with E-state index in [-0.39, 0.29) is 10.8 Å². The molecule has 0 bridgehead atoms. The van der Waals surface area contributed by atoms with Crippen molar-refractivity contribution in [3.05, 3.63) is 71.8 Å². The number of rotatable bonds is 2. The lowest BCUT2D eigenvalue weighted by molar-refractivity contribution is 0.589. The fraction of sp³-hybridized carbons (Fsp3) is 0.286. The molecule has 32 heavy (non-hydrogen) atoms. The van der Waals surface area contributed by atoms with Crippen LogP contribution in [0.25, 0.3) is 45.1 Å². The Morgan fingerprint density at radius 1 is 0.531 bits per heavy atom.